The number of rotatable bonds is 2. The van der Waals surface area contributed by atoms with Crippen LogP contribution in [0.15, 0.2) is 54.6 Å². The van der Waals surface area contributed by atoms with Crippen LogP contribution in [-0.4, -0.2) is 6.54 Å². The predicted octanol–water partition coefficient (Wildman–Crippen LogP) is 3.89. The topological polar surface area (TPSA) is 3.24 Å². The van der Waals surface area contributed by atoms with Gasteiger partial charge in [0.05, 0.1) is 0 Å². The third-order valence-corrected chi connectivity index (χ3v) is 3.65. The lowest BCUT2D eigenvalue weighted by molar-refractivity contribution is 0.530. The summed E-state index contributed by atoms with van der Waals surface area (Å²) in [6.45, 7) is 4.52. The Morgan fingerprint density at radius 2 is 1.72 bits per heavy atom. The summed E-state index contributed by atoms with van der Waals surface area (Å²) in [5, 5.41) is 0. The number of hydrogen-bond donors (Lipinski definition) is 0. The number of fused-ring (bicyclic) bond motifs is 1. The maximum atomic E-state index is 2.51. The third kappa shape index (κ3) is 2.26. The molecule has 18 heavy (non-hydrogen) atoms. The van der Waals surface area contributed by atoms with Gasteiger partial charge in [-0.1, -0.05) is 55.5 Å². The maximum absolute atomic E-state index is 2.51. The van der Waals surface area contributed by atoms with E-state index in [1.54, 1.807) is 0 Å². The maximum Gasteiger partial charge on any atom is 0.0429 e. The quantitative estimate of drug-likeness (QED) is 0.766. The van der Waals surface area contributed by atoms with E-state index in [2.05, 4.69) is 66.4 Å². The molecule has 2 aromatic carbocycles. The molecule has 0 saturated carbocycles. The minimum atomic E-state index is 0.739. The first-order valence-corrected chi connectivity index (χ1v) is 6.70. The average Bonchev–Trinajstić information content (AvgIpc) is 2.40. The van der Waals surface area contributed by atoms with Gasteiger partial charge in [-0.2, -0.15) is 0 Å². The Labute approximate surface area is 109 Å². The van der Waals surface area contributed by atoms with Gasteiger partial charge >= 0.3 is 0 Å². The lowest BCUT2D eigenvalue weighted by Gasteiger charge is -2.35. The van der Waals surface area contributed by atoms with Gasteiger partial charge in [-0.05, 0) is 29.5 Å². The average molecular weight is 237 g/mol. The van der Waals surface area contributed by atoms with Crippen molar-refractivity contribution in [3.63, 3.8) is 0 Å². The molecule has 1 nitrogen and oxygen atoms in total. The molecule has 0 saturated heterocycles. The summed E-state index contributed by atoms with van der Waals surface area (Å²) >= 11 is 0. The van der Waals surface area contributed by atoms with E-state index in [-0.39, 0.29) is 0 Å². The van der Waals surface area contributed by atoms with E-state index in [0.29, 0.717) is 0 Å². The Kier molecular flexibility index (Phi) is 3.06. The van der Waals surface area contributed by atoms with Gasteiger partial charge in [0, 0.05) is 18.8 Å². The molecule has 0 bridgehead atoms. The lowest BCUT2D eigenvalue weighted by atomic mass is 9.93. The van der Waals surface area contributed by atoms with E-state index in [1.165, 1.54) is 23.2 Å². The van der Waals surface area contributed by atoms with Crippen LogP contribution in [0.2, 0.25) is 0 Å². The highest BCUT2D eigenvalue weighted by molar-refractivity contribution is 5.56. The van der Waals surface area contributed by atoms with Crippen LogP contribution in [0.1, 0.15) is 18.1 Å². The van der Waals surface area contributed by atoms with Crippen LogP contribution in [0.3, 0.4) is 0 Å². The van der Waals surface area contributed by atoms with Gasteiger partial charge < -0.3 is 4.90 Å². The Hall–Kier alpha value is -1.76. The molecular weight excluding hydrogens is 218 g/mol. The summed E-state index contributed by atoms with van der Waals surface area (Å²) in [5.41, 5.74) is 4.30. The highest BCUT2D eigenvalue weighted by Gasteiger charge is 2.20. The Morgan fingerprint density at radius 3 is 2.56 bits per heavy atom. The summed E-state index contributed by atoms with van der Waals surface area (Å²) in [4.78, 5) is 2.51. The summed E-state index contributed by atoms with van der Waals surface area (Å²) in [6.07, 6.45) is 1.21. The van der Waals surface area contributed by atoms with E-state index < -0.39 is 0 Å². The second-order valence-electron chi connectivity index (χ2n) is 5.30. The predicted molar refractivity (Wildman–Crippen MR) is 76.8 cm³/mol. The van der Waals surface area contributed by atoms with Gasteiger partial charge in [0.25, 0.3) is 0 Å². The molecule has 1 atom stereocenters. The summed E-state index contributed by atoms with van der Waals surface area (Å²) in [7, 11) is 0. The van der Waals surface area contributed by atoms with Gasteiger partial charge in [0.2, 0.25) is 0 Å². The monoisotopic (exact) mass is 237 g/mol. The smallest absolute Gasteiger partial charge is 0.0429 e. The minimum Gasteiger partial charge on any atom is -0.367 e. The highest BCUT2D eigenvalue weighted by atomic mass is 15.1. The third-order valence-electron chi connectivity index (χ3n) is 3.65. The van der Waals surface area contributed by atoms with E-state index in [0.717, 1.165) is 19.0 Å². The second kappa shape index (κ2) is 4.85. The van der Waals surface area contributed by atoms with Crippen molar-refractivity contribution in [2.45, 2.75) is 19.9 Å². The number of benzene rings is 2. The molecule has 2 aromatic rings. The van der Waals surface area contributed by atoms with Crippen molar-refractivity contribution in [2.75, 3.05) is 11.4 Å². The second-order valence-corrected chi connectivity index (χ2v) is 5.30. The summed E-state index contributed by atoms with van der Waals surface area (Å²) in [6, 6.07) is 19.6. The van der Waals surface area contributed by atoms with Crippen molar-refractivity contribution in [2.24, 2.45) is 5.92 Å². The lowest BCUT2D eigenvalue weighted by Crippen LogP contribution is -2.33. The largest absolute Gasteiger partial charge is 0.367 e. The molecule has 0 aromatic heterocycles. The van der Waals surface area contributed by atoms with E-state index in [9.17, 15) is 0 Å². The van der Waals surface area contributed by atoms with Crippen molar-refractivity contribution < 1.29 is 0 Å². The molecule has 1 aliphatic heterocycles. The Morgan fingerprint density at radius 1 is 1.00 bits per heavy atom. The molecule has 1 heteroatoms. The zero-order valence-corrected chi connectivity index (χ0v) is 10.8. The number of para-hydroxylation sites is 1. The molecule has 0 amide bonds. The summed E-state index contributed by atoms with van der Waals surface area (Å²) in [5.74, 6) is 0.739. The fourth-order valence-corrected chi connectivity index (χ4v) is 2.86. The molecule has 1 aliphatic rings. The van der Waals surface area contributed by atoms with Crippen molar-refractivity contribution in [3.05, 3.63) is 65.7 Å². The van der Waals surface area contributed by atoms with Gasteiger partial charge in [-0.3, -0.25) is 0 Å². The van der Waals surface area contributed by atoms with Crippen LogP contribution in [0, 0.1) is 5.92 Å². The summed E-state index contributed by atoms with van der Waals surface area (Å²) < 4.78 is 0. The van der Waals surface area contributed by atoms with Crippen LogP contribution in [-0.2, 0) is 13.0 Å². The van der Waals surface area contributed by atoms with Crippen molar-refractivity contribution in [1.29, 1.82) is 0 Å². The van der Waals surface area contributed by atoms with Crippen molar-refractivity contribution in [3.8, 4) is 0 Å². The van der Waals surface area contributed by atoms with Gasteiger partial charge in [0.1, 0.15) is 0 Å². The first-order valence-electron chi connectivity index (χ1n) is 6.70. The Bertz CT molecular complexity index is 518. The van der Waals surface area contributed by atoms with Crippen LogP contribution in [0.4, 0.5) is 5.69 Å². The normalized spacial score (nSPS) is 18.5. The zero-order valence-electron chi connectivity index (χ0n) is 10.8. The van der Waals surface area contributed by atoms with Gasteiger partial charge in [-0.15, -0.1) is 0 Å². The molecule has 0 spiro atoms. The molecule has 1 heterocycles. The Balaban J connectivity index is 1.89. The zero-order chi connectivity index (χ0) is 12.4. The van der Waals surface area contributed by atoms with Crippen LogP contribution in [0.25, 0.3) is 0 Å². The van der Waals surface area contributed by atoms with Crippen LogP contribution >= 0.6 is 0 Å². The number of anilines is 1. The number of hydrogen-bond acceptors (Lipinski definition) is 1. The molecule has 0 fully saturated rings. The van der Waals surface area contributed by atoms with E-state index in [1.807, 2.05) is 0 Å². The first kappa shape index (κ1) is 11.3. The SMILES string of the molecule is C[C@@H]1Cc2ccccc2N(Cc2ccccc2)C1. The van der Waals surface area contributed by atoms with Gasteiger partial charge in [-0.25, -0.2) is 0 Å². The highest BCUT2D eigenvalue weighted by Crippen LogP contribution is 2.30. The van der Waals surface area contributed by atoms with Gasteiger partial charge in [0.15, 0.2) is 0 Å². The fourth-order valence-electron chi connectivity index (χ4n) is 2.86. The van der Waals surface area contributed by atoms with Crippen LogP contribution in [0.5, 0.6) is 0 Å². The van der Waals surface area contributed by atoms with E-state index >= 15 is 0 Å². The molecule has 0 unspecified atom stereocenters. The molecule has 92 valence electrons. The molecule has 0 N–H and O–H groups in total. The fraction of sp³-hybridized carbons (Fsp3) is 0.294. The van der Waals surface area contributed by atoms with Crippen molar-refractivity contribution in [1.82, 2.24) is 0 Å². The first-order chi connectivity index (χ1) is 8.83. The van der Waals surface area contributed by atoms with Crippen molar-refractivity contribution >= 4 is 5.69 Å². The minimum absolute atomic E-state index is 0.739. The molecular formula is C17H19N. The molecule has 3 rings (SSSR count). The molecule has 0 radical (unpaired) electrons. The number of nitrogens with zero attached hydrogens (tertiary/aromatic N) is 1. The molecule has 0 aliphatic carbocycles. The van der Waals surface area contributed by atoms with Crippen LogP contribution < -0.4 is 4.90 Å². The standard InChI is InChI=1S/C17H19N/c1-14-11-16-9-5-6-10-17(16)18(12-14)13-15-7-3-2-4-8-15/h2-10,14H,11-13H2,1H3/t14-/m1/s1. The van der Waals surface area contributed by atoms with E-state index in [4.69, 9.17) is 0 Å².